The van der Waals surface area contributed by atoms with E-state index < -0.39 is 23.6 Å². The van der Waals surface area contributed by atoms with Crippen molar-refractivity contribution in [3.8, 4) is 6.07 Å². The van der Waals surface area contributed by atoms with E-state index in [0.717, 1.165) is 18.2 Å². The van der Waals surface area contributed by atoms with E-state index in [1.54, 1.807) is 0 Å². The lowest BCUT2D eigenvalue weighted by Gasteiger charge is -2.20. The van der Waals surface area contributed by atoms with Crippen molar-refractivity contribution in [2.24, 2.45) is 10.9 Å². The zero-order valence-electron chi connectivity index (χ0n) is 9.78. The third kappa shape index (κ3) is 2.75. The minimum absolute atomic E-state index is 0.0693. The van der Waals surface area contributed by atoms with E-state index in [1.165, 1.54) is 12.1 Å². The van der Waals surface area contributed by atoms with Gasteiger partial charge < -0.3 is 0 Å². The van der Waals surface area contributed by atoms with Crippen molar-refractivity contribution in [3.05, 3.63) is 41.7 Å². The molecule has 0 N–H and O–H groups in total. The van der Waals surface area contributed by atoms with Gasteiger partial charge in [-0.05, 0) is 29.3 Å². The molecule has 1 aromatic carbocycles. The topological polar surface area (TPSA) is 36.1 Å². The van der Waals surface area contributed by atoms with Crippen molar-refractivity contribution in [1.29, 1.82) is 5.26 Å². The monoisotopic (exact) mass is 298 g/mol. The summed E-state index contributed by atoms with van der Waals surface area (Å²) < 4.78 is 51.0. The molecule has 1 aromatic rings. The van der Waals surface area contributed by atoms with Crippen LogP contribution < -0.4 is 0 Å². The highest BCUT2D eigenvalue weighted by Gasteiger charge is 2.38. The van der Waals surface area contributed by atoms with Gasteiger partial charge in [0.25, 0.3) is 0 Å². The highest BCUT2D eigenvalue weighted by Crippen LogP contribution is 2.32. The summed E-state index contributed by atoms with van der Waals surface area (Å²) >= 11 is 4.75. The first-order chi connectivity index (χ1) is 9.32. The second kappa shape index (κ2) is 5.13. The van der Waals surface area contributed by atoms with Gasteiger partial charge in [0, 0.05) is 0 Å². The number of nitrogens with zero attached hydrogens (tertiary/aromatic N) is 2. The Kier molecular flexibility index (Phi) is 3.68. The van der Waals surface area contributed by atoms with E-state index in [0.29, 0.717) is 5.56 Å². The van der Waals surface area contributed by atoms with Gasteiger partial charge in [0.05, 0.1) is 6.07 Å². The molecule has 7 heteroatoms. The largest absolute Gasteiger partial charge is 0.433 e. The molecule has 1 atom stereocenters. The van der Waals surface area contributed by atoms with Gasteiger partial charge in [-0.2, -0.15) is 18.4 Å². The van der Waals surface area contributed by atoms with E-state index in [2.05, 4.69) is 4.99 Å². The Bertz CT molecular complexity index is 650. The van der Waals surface area contributed by atoms with Crippen LogP contribution in [0.15, 0.2) is 35.3 Å². The molecule has 0 aromatic heterocycles. The quantitative estimate of drug-likeness (QED) is 0.585. The van der Waals surface area contributed by atoms with Crippen molar-refractivity contribution in [2.45, 2.75) is 6.18 Å². The fraction of sp³-hybridized carbons (Fsp3) is 0.154. The molecule has 0 spiro atoms. The summed E-state index contributed by atoms with van der Waals surface area (Å²) in [5.74, 6) is -1.58. The zero-order valence-corrected chi connectivity index (χ0v) is 10.6. The standard InChI is InChI=1S/C13H6F4N2S/c14-8-3-1-7(2-4-8)9-5-11(13(15,16)17)19-12(20)10(9)6-18/h1-5,10H/t10-/m1/s1. The number of allylic oxidation sites excluding steroid dienone is 1. The second-order valence-electron chi connectivity index (χ2n) is 4.00. The Morgan fingerprint density at radius 3 is 2.30 bits per heavy atom. The van der Waals surface area contributed by atoms with Crippen LogP contribution in [0.2, 0.25) is 0 Å². The summed E-state index contributed by atoms with van der Waals surface area (Å²) in [4.78, 5) is 2.90. The van der Waals surface area contributed by atoms with Crippen molar-refractivity contribution >= 4 is 28.5 Å². The van der Waals surface area contributed by atoms with E-state index in [9.17, 15) is 17.6 Å². The van der Waals surface area contributed by atoms with Crippen LogP contribution in [0.3, 0.4) is 0 Å². The number of dihydropyridines is 1. The minimum atomic E-state index is -4.66. The van der Waals surface area contributed by atoms with Gasteiger partial charge in [-0.15, -0.1) is 0 Å². The number of thiocarbonyl (C=S) groups is 1. The highest BCUT2D eigenvalue weighted by molar-refractivity contribution is 7.80. The minimum Gasteiger partial charge on any atom is -0.235 e. The van der Waals surface area contributed by atoms with Crippen molar-refractivity contribution in [3.63, 3.8) is 0 Å². The average molecular weight is 298 g/mol. The smallest absolute Gasteiger partial charge is 0.235 e. The number of halogens is 4. The van der Waals surface area contributed by atoms with Gasteiger partial charge in [-0.1, -0.05) is 24.4 Å². The Labute approximate surface area is 117 Å². The number of hydrogen-bond acceptors (Lipinski definition) is 2. The van der Waals surface area contributed by atoms with E-state index in [4.69, 9.17) is 17.5 Å². The molecule has 0 aliphatic carbocycles. The third-order valence-corrected chi connectivity index (χ3v) is 3.00. The van der Waals surface area contributed by atoms with Gasteiger partial charge in [0.1, 0.15) is 22.4 Å². The lowest BCUT2D eigenvalue weighted by molar-refractivity contribution is -0.0576. The fourth-order valence-electron chi connectivity index (χ4n) is 1.74. The molecule has 20 heavy (non-hydrogen) atoms. The van der Waals surface area contributed by atoms with Crippen LogP contribution in [0.4, 0.5) is 17.6 Å². The van der Waals surface area contributed by atoms with Crippen LogP contribution in [0.5, 0.6) is 0 Å². The van der Waals surface area contributed by atoms with E-state index in [-0.39, 0.29) is 10.6 Å². The molecule has 0 unspecified atom stereocenters. The maximum absolute atomic E-state index is 12.9. The maximum atomic E-state index is 12.9. The molecule has 1 heterocycles. The Morgan fingerprint density at radius 2 is 1.80 bits per heavy atom. The molecule has 1 aliphatic heterocycles. The van der Waals surface area contributed by atoms with Crippen LogP contribution in [0.1, 0.15) is 5.56 Å². The van der Waals surface area contributed by atoms with Gasteiger partial charge in [-0.3, -0.25) is 0 Å². The predicted molar refractivity (Wildman–Crippen MR) is 69.6 cm³/mol. The predicted octanol–water partition coefficient (Wildman–Crippen LogP) is 3.69. The zero-order chi connectivity index (χ0) is 14.9. The molecule has 1 aliphatic rings. The normalized spacial score (nSPS) is 19.1. The van der Waals surface area contributed by atoms with Crippen molar-refractivity contribution in [2.75, 3.05) is 0 Å². The molecule has 0 radical (unpaired) electrons. The second-order valence-corrected chi connectivity index (χ2v) is 4.42. The first kappa shape index (κ1) is 14.3. The number of benzene rings is 1. The first-order valence-electron chi connectivity index (χ1n) is 5.40. The molecular weight excluding hydrogens is 292 g/mol. The summed E-state index contributed by atoms with van der Waals surface area (Å²) in [6.45, 7) is 0. The summed E-state index contributed by atoms with van der Waals surface area (Å²) in [5.41, 5.74) is -0.787. The molecule has 0 bridgehead atoms. The SMILES string of the molecule is N#C[C@H]1C(=S)N=C(C(F)(F)F)C=C1c1ccc(F)cc1. The van der Waals surface area contributed by atoms with Crippen LogP contribution in [0, 0.1) is 23.1 Å². The summed E-state index contributed by atoms with van der Waals surface area (Å²) in [7, 11) is 0. The molecule has 102 valence electrons. The van der Waals surface area contributed by atoms with Crippen LogP contribution in [-0.2, 0) is 0 Å². The molecule has 0 amide bonds. The van der Waals surface area contributed by atoms with Gasteiger partial charge in [0.2, 0.25) is 0 Å². The summed E-state index contributed by atoms with van der Waals surface area (Å²) in [6.07, 6.45) is -3.88. The Balaban J connectivity index is 2.54. The molecule has 0 fully saturated rings. The van der Waals surface area contributed by atoms with Crippen molar-refractivity contribution in [1.82, 2.24) is 0 Å². The number of alkyl halides is 3. The van der Waals surface area contributed by atoms with E-state index >= 15 is 0 Å². The van der Waals surface area contributed by atoms with Crippen LogP contribution in [-0.4, -0.2) is 16.9 Å². The van der Waals surface area contributed by atoms with Crippen molar-refractivity contribution < 1.29 is 17.6 Å². The lowest BCUT2D eigenvalue weighted by Crippen LogP contribution is -2.28. The number of nitriles is 1. The molecule has 2 nitrogen and oxygen atoms in total. The number of rotatable bonds is 1. The average Bonchev–Trinajstić information content (AvgIpc) is 2.37. The molecular formula is C13H6F4N2S. The molecule has 0 saturated carbocycles. The summed E-state index contributed by atoms with van der Waals surface area (Å²) in [5, 5.41) is 9.03. The third-order valence-electron chi connectivity index (χ3n) is 2.68. The summed E-state index contributed by atoms with van der Waals surface area (Å²) in [6, 6.07) is 6.62. The van der Waals surface area contributed by atoms with E-state index in [1.807, 2.05) is 6.07 Å². The molecule has 0 saturated heterocycles. The van der Waals surface area contributed by atoms with Crippen LogP contribution in [0.25, 0.3) is 5.57 Å². The Hall–Kier alpha value is -2.07. The van der Waals surface area contributed by atoms with Gasteiger partial charge in [-0.25, -0.2) is 9.38 Å². The first-order valence-corrected chi connectivity index (χ1v) is 5.80. The highest BCUT2D eigenvalue weighted by atomic mass is 32.1. The fourth-order valence-corrected chi connectivity index (χ4v) is 2.02. The van der Waals surface area contributed by atoms with Gasteiger partial charge >= 0.3 is 6.18 Å². The van der Waals surface area contributed by atoms with Crippen LogP contribution >= 0.6 is 12.2 Å². The van der Waals surface area contributed by atoms with Gasteiger partial charge in [0.15, 0.2) is 0 Å². The maximum Gasteiger partial charge on any atom is 0.433 e. The number of hydrogen-bond donors (Lipinski definition) is 0. The Morgan fingerprint density at radius 1 is 1.20 bits per heavy atom. The lowest BCUT2D eigenvalue weighted by atomic mass is 9.90. The molecule has 2 rings (SSSR count). The number of aliphatic imine (C=N–C) groups is 1.